The number of hydrogen-bond donors (Lipinski definition) is 2. The molecular formula is C10H12BrNO4. The van der Waals surface area contributed by atoms with Crippen molar-refractivity contribution < 1.29 is 19.4 Å². The first kappa shape index (κ1) is 12.8. The molecule has 0 atom stereocenters. The Morgan fingerprint density at radius 2 is 2.12 bits per heavy atom. The third kappa shape index (κ3) is 2.12. The van der Waals surface area contributed by atoms with Crippen LogP contribution in [0.25, 0.3) is 0 Å². The number of carbonyl (C=O) groups excluding carboxylic acids is 1. The van der Waals surface area contributed by atoms with Gasteiger partial charge in [0.05, 0.1) is 26.3 Å². The summed E-state index contributed by atoms with van der Waals surface area (Å²) in [6.45, 7) is -0.185. The monoisotopic (exact) mass is 289 g/mol. The lowest BCUT2D eigenvalue weighted by Crippen LogP contribution is -2.14. The highest BCUT2D eigenvalue weighted by molar-refractivity contribution is 9.10. The molecule has 0 unspecified atom stereocenters. The molecule has 0 saturated carbocycles. The zero-order valence-corrected chi connectivity index (χ0v) is 10.5. The van der Waals surface area contributed by atoms with Crippen LogP contribution in [0.5, 0.6) is 17.2 Å². The van der Waals surface area contributed by atoms with E-state index in [0.717, 1.165) is 0 Å². The number of halogens is 1. The minimum atomic E-state index is -0.376. The Morgan fingerprint density at radius 3 is 2.56 bits per heavy atom. The van der Waals surface area contributed by atoms with E-state index >= 15 is 0 Å². The number of carbonyl (C=O) groups is 1. The normalized spacial score (nSPS) is 10.0. The molecule has 1 rings (SSSR count). The highest BCUT2D eigenvalue weighted by Crippen LogP contribution is 2.43. The minimum Gasteiger partial charge on any atom is -0.506 e. The number of nitrogens with two attached hydrogens (primary N) is 1. The van der Waals surface area contributed by atoms with Crippen LogP contribution in [-0.2, 0) is 0 Å². The molecule has 0 aliphatic rings. The maximum Gasteiger partial charge on any atom is 0.180 e. The molecule has 6 heteroatoms. The fourth-order valence-corrected chi connectivity index (χ4v) is 1.83. The first-order chi connectivity index (χ1) is 7.56. The van der Waals surface area contributed by atoms with Crippen molar-refractivity contribution in [2.24, 2.45) is 5.73 Å². The van der Waals surface area contributed by atoms with Gasteiger partial charge in [0, 0.05) is 0 Å². The molecule has 0 heterocycles. The molecule has 0 aliphatic heterocycles. The summed E-state index contributed by atoms with van der Waals surface area (Å²) in [5, 5.41) is 9.77. The fraction of sp³-hybridized carbons (Fsp3) is 0.300. The minimum absolute atomic E-state index is 0.104. The van der Waals surface area contributed by atoms with Gasteiger partial charge in [0.2, 0.25) is 0 Å². The topological polar surface area (TPSA) is 81.8 Å². The van der Waals surface area contributed by atoms with Crippen LogP contribution in [-0.4, -0.2) is 31.7 Å². The number of benzene rings is 1. The second-order valence-corrected chi connectivity index (χ2v) is 3.74. The highest BCUT2D eigenvalue weighted by atomic mass is 79.9. The van der Waals surface area contributed by atoms with Crippen molar-refractivity contribution >= 4 is 21.7 Å². The molecule has 5 nitrogen and oxygen atoms in total. The number of phenols is 1. The summed E-state index contributed by atoms with van der Waals surface area (Å²) >= 11 is 3.13. The van der Waals surface area contributed by atoms with Crippen LogP contribution in [0.15, 0.2) is 10.5 Å². The number of Topliss-reactive ketones (excluding diaryl/α,β-unsaturated/α-hetero) is 1. The number of hydrogen-bond acceptors (Lipinski definition) is 5. The smallest absolute Gasteiger partial charge is 0.180 e. The van der Waals surface area contributed by atoms with E-state index in [4.69, 9.17) is 15.2 Å². The van der Waals surface area contributed by atoms with Crippen LogP contribution in [0.2, 0.25) is 0 Å². The van der Waals surface area contributed by atoms with Crippen LogP contribution in [0.4, 0.5) is 0 Å². The van der Waals surface area contributed by atoms with E-state index < -0.39 is 0 Å². The molecule has 0 aliphatic carbocycles. The van der Waals surface area contributed by atoms with Crippen LogP contribution in [0.1, 0.15) is 10.4 Å². The number of ether oxygens (including phenoxy) is 2. The van der Waals surface area contributed by atoms with Crippen LogP contribution < -0.4 is 15.2 Å². The molecule has 1 aromatic carbocycles. The van der Waals surface area contributed by atoms with Crippen LogP contribution >= 0.6 is 15.9 Å². The molecule has 0 amide bonds. The fourth-order valence-electron chi connectivity index (χ4n) is 1.26. The third-order valence-electron chi connectivity index (χ3n) is 2.07. The van der Waals surface area contributed by atoms with Crippen LogP contribution in [0, 0.1) is 0 Å². The molecule has 16 heavy (non-hydrogen) atoms. The summed E-state index contributed by atoms with van der Waals surface area (Å²) < 4.78 is 10.4. The van der Waals surface area contributed by atoms with Crippen molar-refractivity contribution in [1.82, 2.24) is 0 Å². The zero-order chi connectivity index (χ0) is 12.3. The standard InChI is InChI=1S/C10H12BrNO4/c1-15-7-3-5(6(13)4-12)9(14)8(11)10(7)16-2/h3,14H,4,12H2,1-2H3. The maximum atomic E-state index is 11.5. The first-order valence-electron chi connectivity index (χ1n) is 4.43. The van der Waals surface area contributed by atoms with Gasteiger partial charge in [0.15, 0.2) is 17.3 Å². The number of ketones is 1. The Morgan fingerprint density at radius 1 is 1.50 bits per heavy atom. The van der Waals surface area contributed by atoms with Crippen molar-refractivity contribution in [2.75, 3.05) is 20.8 Å². The number of phenolic OH excluding ortho intramolecular Hbond substituents is 1. The summed E-state index contributed by atoms with van der Waals surface area (Å²) in [5.74, 6) is 0.102. The Hall–Kier alpha value is -1.27. The van der Waals surface area contributed by atoms with Gasteiger partial charge in [-0.05, 0) is 22.0 Å². The van der Waals surface area contributed by atoms with Gasteiger partial charge in [-0.25, -0.2) is 0 Å². The summed E-state index contributed by atoms with van der Waals surface area (Å²) in [4.78, 5) is 11.5. The second-order valence-electron chi connectivity index (χ2n) is 2.95. The zero-order valence-electron chi connectivity index (χ0n) is 8.91. The van der Waals surface area contributed by atoms with E-state index in [1.54, 1.807) is 0 Å². The second kappa shape index (κ2) is 5.18. The number of aromatic hydroxyl groups is 1. The summed E-state index contributed by atoms with van der Waals surface area (Å²) in [6.07, 6.45) is 0. The molecule has 0 bridgehead atoms. The highest BCUT2D eigenvalue weighted by Gasteiger charge is 2.20. The molecule has 1 aromatic rings. The number of methoxy groups -OCH3 is 2. The lowest BCUT2D eigenvalue weighted by molar-refractivity contribution is 0.0998. The molecule has 0 radical (unpaired) electrons. The molecule has 0 spiro atoms. The summed E-state index contributed by atoms with van der Waals surface area (Å²) in [5.41, 5.74) is 5.34. The van der Waals surface area contributed by atoms with Gasteiger partial charge >= 0.3 is 0 Å². The van der Waals surface area contributed by atoms with Crippen molar-refractivity contribution in [2.45, 2.75) is 0 Å². The van der Waals surface area contributed by atoms with Gasteiger partial charge < -0.3 is 20.3 Å². The average Bonchev–Trinajstić information content (AvgIpc) is 2.31. The van der Waals surface area contributed by atoms with Crippen molar-refractivity contribution in [3.63, 3.8) is 0 Å². The summed E-state index contributed by atoms with van der Waals surface area (Å²) in [7, 11) is 2.88. The lowest BCUT2D eigenvalue weighted by atomic mass is 10.1. The summed E-state index contributed by atoms with van der Waals surface area (Å²) in [6, 6.07) is 1.40. The average molecular weight is 290 g/mol. The number of rotatable bonds is 4. The third-order valence-corrected chi connectivity index (χ3v) is 2.81. The molecule has 0 fully saturated rings. The molecule has 0 saturated heterocycles. The Balaban J connectivity index is 3.44. The van der Waals surface area contributed by atoms with Gasteiger partial charge in [-0.3, -0.25) is 4.79 Å². The SMILES string of the molecule is COc1cc(C(=O)CN)c(O)c(Br)c1OC. The predicted octanol–water partition coefficient (Wildman–Crippen LogP) is 1.31. The van der Waals surface area contributed by atoms with E-state index in [0.29, 0.717) is 11.5 Å². The largest absolute Gasteiger partial charge is 0.506 e. The van der Waals surface area contributed by atoms with Gasteiger partial charge in [0.25, 0.3) is 0 Å². The molecular weight excluding hydrogens is 278 g/mol. The predicted molar refractivity (Wildman–Crippen MR) is 62.3 cm³/mol. The van der Waals surface area contributed by atoms with Crippen molar-refractivity contribution in [3.8, 4) is 17.2 Å². The van der Waals surface area contributed by atoms with E-state index in [9.17, 15) is 9.90 Å². The van der Waals surface area contributed by atoms with Gasteiger partial charge in [-0.2, -0.15) is 0 Å². The Labute approximate surface area is 101 Å². The molecule has 0 aromatic heterocycles. The maximum absolute atomic E-state index is 11.5. The quantitative estimate of drug-likeness (QED) is 0.817. The van der Waals surface area contributed by atoms with E-state index in [-0.39, 0.29) is 28.1 Å². The van der Waals surface area contributed by atoms with Crippen LogP contribution in [0.3, 0.4) is 0 Å². The molecule has 88 valence electrons. The van der Waals surface area contributed by atoms with E-state index in [1.807, 2.05) is 0 Å². The van der Waals surface area contributed by atoms with Gasteiger partial charge in [0.1, 0.15) is 10.2 Å². The lowest BCUT2D eigenvalue weighted by Gasteiger charge is -2.13. The molecule has 3 N–H and O–H groups in total. The van der Waals surface area contributed by atoms with E-state index in [1.165, 1.54) is 20.3 Å². The van der Waals surface area contributed by atoms with Gasteiger partial charge in [-0.15, -0.1) is 0 Å². The van der Waals surface area contributed by atoms with Crippen molar-refractivity contribution in [3.05, 3.63) is 16.1 Å². The van der Waals surface area contributed by atoms with Gasteiger partial charge in [-0.1, -0.05) is 0 Å². The first-order valence-corrected chi connectivity index (χ1v) is 5.22. The Kier molecular flexibility index (Phi) is 4.14. The van der Waals surface area contributed by atoms with E-state index in [2.05, 4.69) is 15.9 Å². The van der Waals surface area contributed by atoms with Crippen molar-refractivity contribution in [1.29, 1.82) is 0 Å². The Bertz CT molecular complexity index is 420.